The number of rotatable bonds is 7. The van der Waals surface area contributed by atoms with Gasteiger partial charge in [0.1, 0.15) is 5.75 Å². The number of hydrogen-bond donors (Lipinski definition) is 0. The van der Waals surface area contributed by atoms with E-state index in [1.54, 1.807) is 0 Å². The maximum Gasteiger partial charge on any atom is 0.415 e. The molecule has 0 radical (unpaired) electrons. The molecule has 0 saturated heterocycles. The molecule has 134 valence electrons. The Bertz CT molecular complexity index is 488. The molecule has 1 aromatic carbocycles. The van der Waals surface area contributed by atoms with Gasteiger partial charge in [0.15, 0.2) is 0 Å². The molecule has 0 aromatic heterocycles. The normalized spacial score (nSPS) is 22.0. The predicted octanol–water partition coefficient (Wildman–Crippen LogP) is 5.75. The fraction of sp³-hybridized carbons (Fsp3) is 0.667. The number of nitrogens with zero attached hydrogens (tertiary/aromatic N) is 1. The van der Waals surface area contributed by atoms with E-state index >= 15 is 0 Å². The van der Waals surface area contributed by atoms with Gasteiger partial charge in [0.25, 0.3) is 0 Å². The van der Waals surface area contributed by atoms with E-state index in [0.717, 1.165) is 37.8 Å². The summed E-state index contributed by atoms with van der Waals surface area (Å²) in [5.74, 6) is 2.93. The summed E-state index contributed by atoms with van der Waals surface area (Å²) in [6.45, 7) is 8.42. The van der Waals surface area contributed by atoms with Gasteiger partial charge < -0.3 is 9.64 Å². The number of carbonyl (C=O) groups is 1. The van der Waals surface area contributed by atoms with E-state index in [-0.39, 0.29) is 6.09 Å². The summed E-state index contributed by atoms with van der Waals surface area (Å²) >= 11 is 0. The van der Waals surface area contributed by atoms with Crippen LogP contribution in [0.4, 0.5) is 4.79 Å². The molecular weight excluding hydrogens is 298 g/mol. The molecule has 0 heterocycles. The molecule has 3 atom stereocenters. The maximum atomic E-state index is 12.5. The first kappa shape index (κ1) is 18.8. The van der Waals surface area contributed by atoms with Crippen LogP contribution in [0.3, 0.4) is 0 Å². The Morgan fingerprint density at radius 1 is 1.21 bits per heavy atom. The van der Waals surface area contributed by atoms with E-state index in [1.165, 1.54) is 25.7 Å². The van der Waals surface area contributed by atoms with E-state index in [0.29, 0.717) is 11.7 Å². The van der Waals surface area contributed by atoms with Crippen molar-refractivity contribution in [1.29, 1.82) is 0 Å². The van der Waals surface area contributed by atoms with Crippen LogP contribution in [-0.2, 0) is 0 Å². The van der Waals surface area contributed by atoms with Crippen molar-refractivity contribution in [2.45, 2.75) is 59.3 Å². The van der Waals surface area contributed by atoms with Crippen molar-refractivity contribution in [2.24, 2.45) is 17.8 Å². The molecule has 24 heavy (non-hydrogen) atoms. The minimum atomic E-state index is -0.216. The Morgan fingerprint density at radius 2 is 1.92 bits per heavy atom. The largest absolute Gasteiger partial charge is 0.415 e. The average molecular weight is 331 g/mol. The smallest absolute Gasteiger partial charge is 0.410 e. The maximum absolute atomic E-state index is 12.5. The highest BCUT2D eigenvalue weighted by atomic mass is 16.6. The summed E-state index contributed by atoms with van der Waals surface area (Å²) in [5.41, 5.74) is 0. The van der Waals surface area contributed by atoms with Gasteiger partial charge in [-0.2, -0.15) is 0 Å². The SMILES string of the molecule is CCCN(CCC(C)C1CCCC[C@H]1C)C(=O)Oc1ccccc1. The molecular formula is C21H33NO2. The van der Waals surface area contributed by atoms with Crippen LogP contribution in [0.15, 0.2) is 30.3 Å². The molecule has 1 saturated carbocycles. The summed E-state index contributed by atoms with van der Waals surface area (Å²) in [7, 11) is 0. The van der Waals surface area contributed by atoms with Gasteiger partial charge in [0.2, 0.25) is 0 Å². The molecule has 0 bridgehead atoms. The lowest BCUT2D eigenvalue weighted by atomic mass is 9.73. The van der Waals surface area contributed by atoms with Crippen molar-refractivity contribution in [3.8, 4) is 5.75 Å². The van der Waals surface area contributed by atoms with Crippen LogP contribution in [0.5, 0.6) is 5.75 Å². The highest BCUT2D eigenvalue weighted by Crippen LogP contribution is 2.36. The molecule has 1 amide bonds. The molecule has 1 fully saturated rings. The number of carbonyl (C=O) groups excluding carboxylic acids is 1. The first-order valence-electron chi connectivity index (χ1n) is 9.63. The van der Waals surface area contributed by atoms with Gasteiger partial charge in [0.05, 0.1) is 0 Å². The van der Waals surface area contributed by atoms with Crippen molar-refractivity contribution in [2.75, 3.05) is 13.1 Å². The lowest BCUT2D eigenvalue weighted by Crippen LogP contribution is -2.36. The second kappa shape index (κ2) is 9.71. The number of para-hydroxylation sites is 1. The van der Waals surface area contributed by atoms with Crippen LogP contribution >= 0.6 is 0 Å². The van der Waals surface area contributed by atoms with Crippen LogP contribution < -0.4 is 4.74 Å². The summed E-state index contributed by atoms with van der Waals surface area (Å²) in [4.78, 5) is 14.3. The summed E-state index contributed by atoms with van der Waals surface area (Å²) in [5, 5.41) is 0. The van der Waals surface area contributed by atoms with E-state index in [9.17, 15) is 4.79 Å². The van der Waals surface area contributed by atoms with Crippen LogP contribution in [0.1, 0.15) is 59.3 Å². The van der Waals surface area contributed by atoms with Gasteiger partial charge in [-0.3, -0.25) is 0 Å². The third-order valence-corrected chi connectivity index (χ3v) is 5.46. The first-order valence-corrected chi connectivity index (χ1v) is 9.63. The Labute approximate surface area is 147 Å². The highest BCUT2D eigenvalue weighted by Gasteiger charge is 2.27. The molecule has 0 aliphatic heterocycles. The zero-order valence-electron chi connectivity index (χ0n) is 15.5. The zero-order chi connectivity index (χ0) is 17.4. The number of amides is 1. The van der Waals surface area contributed by atoms with E-state index in [4.69, 9.17) is 4.74 Å². The van der Waals surface area contributed by atoms with E-state index < -0.39 is 0 Å². The minimum Gasteiger partial charge on any atom is -0.410 e. The van der Waals surface area contributed by atoms with Crippen molar-refractivity contribution in [3.63, 3.8) is 0 Å². The second-order valence-corrected chi connectivity index (χ2v) is 7.36. The Balaban J connectivity index is 1.86. The number of ether oxygens (including phenoxy) is 1. The van der Waals surface area contributed by atoms with Crippen LogP contribution in [-0.4, -0.2) is 24.1 Å². The molecule has 3 heteroatoms. The van der Waals surface area contributed by atoms with Gasteiger partial charge in [-0.05, 0) is 49.1 Å². The summed E-state index contributed by atoms with van der Waals surface area (Å²) in [6.07, 6.45) is 7.28. The van der Waals surface area contributed by atoms with Crippen LogP contribution in [0.2, 0.25) is 0 Å². The minimum absolute atomic E-state index is 0.216. The fourth-order valence-electron chi connectivity index (χ4n) is 3.98. The molecule has 1 aliphatic rings. The van der Waals surface area contributed by atoms with Gasteiger partial charge in [0, 0.05) is 13.1 Å². The van der Waals surface area contributed by atoms with Crippen molar-refractivity contribution >= 4 is 6.09 Å². The first-order chi connectivity index (χ1) is 11.6. The average Bonchev–Trinajstić information content (AvgIpc) is 2.59. The highest BCUT2D eigenvalue weighted by molar-refractivity contribution is 5.70. The van der Waals surface area contributed by atoms with E-state index in [2.05, 4.69) is 20.8 Å². The molecule has 0 spiro atoms. The fourth-order valence-corrected chi connectivity index (χ4v) is 3.98. The molecule has 1 aliphatic carbocycles. The molecule has 3 nitrogen and oxygen atoms in total. The molecule has 2 rings (SSSR count). The third-order valence-electron chi connectivity index (χ3n) is 5.46. The molecule has 0 N–H and O–H groups in total. The topological polar surface area (TPSA) is 29.5 Å². The second-order valence-electron chi connectivity index (χ2n) is 7.36. The summed E-state index contributed by atoms with van der Waals surface area (Å²) < 4.78 is 5.51. The third kappa shape index (κ3) is 5.54. The van der Waals surface area contributed by atoms with Crippen LogP contribution in [0, 0.1) is 17.8 Å². The summed E-state index contributed by atoms with van der Waals surface area (Å²) in [6, 6.07) is 9.36. The standard InChI is InChI=1S/C21H33NO2/c1-4-15-22(21(23)24-19-11-6-5-7-12-19)16-14-18(3)20-13-9-8-10-17(20)2/h5-7,11-12,17-18,20H,4,8-10,13-16H2,1-3H3/t17-,18?,20?/m1/s1. The lowest BCUT2D eigenvalue weighted by Gasteiger charge is -2.34. The lowest BCUT2D eigenvalue weighted by molar-refractivity contribution is 0.135. The number of benzene rings is 1. The van der Waals surface area contributed by atoms with Crippen molar-refractivity contribution in [3.05, 3.63) is 30.3 Å². The predicted molar refractivity (Wildman–Crippen MR) is 99.2 cm³/mol. The van der Waals surface area contributed by atoms with Gasteiger partial charge >= 0.3 is 6.09 Å². The Kier molecular flexibility index (Phi) is 7.61. The quantitative estimate of drug-likeness (QED) is 0.636. The van der Waals surface area contributed by atoms with Gasteiger partial charge in [-0.25, -0.2) is 4.79 Å². The van der Waals surface area contributed by atoms with Gasteiger partial charge in [-0.15, -0.1) is 0 Å². The van der Waals surface area contributed by atoms with E-state index in [1.807, 2.05) is 35.2 Å². The van der Waals surface area contributed by atoms with Gasteiger partial charge in [-0.1, -0.05) is 58.2 Å². The van der Waals surface area contributed by atoms with Crippen LogP contribution in [0.25, 0.3) is 0 Å². The molecule has 2 unspecified atom stereocenters. The van der Waals surface area contributed by atoms with Crippen molar-refractivity contribution in [1.82, 2.24) is 4.90 Å². The molecule has 1 aromatic rings. The zero-order valence-corrected chi connectivity index (χ0v) is 15.5. The Morgan fingerprint density at radius 3 is 2.58 bits per heavy atom. The monoisotopic (exact) mass is 331 g/mol. The van der Waals surface area contributed by atoms with Crippen molar-refractivity contribution < 1.29 is 9.53 Å². The number of hydrogen-bond acceptors (Lipinski definition) is 2. The Hall–Kier alpha value is -1.51.